The van der Waals surface area contributed by atoms with Crippen LogP contribution in [0.4, 0.5) is 5.69 Å². The maximum atomic E-state index is 11.9. The fourth-order valence-corrected chi connectivity index (χ4v) is 1.51. The first kappa shape index (κ1) is 13.0. The van der Waals surface area contributed by atoms with Crippen molar-refractivity contribution < 1.29 is 9.53 Å². The molecule has 0 bridgehead atoms. The number of hydrogen-bond donors (Lipinski definition) is 1. The Morgan fingerprint density at radius 1 is 1.16 bits per heavy atom. The second-order valence-electron chi connectivity index (χ2n) is 4.27. The minimum absolute atomic E-state index is 0.127. The van der Waals surface area contributed by atoms with Crippen LogP contribution in [0.2, 0.25) is 0 Å². The van der Waals surface area contributed by atoms with Gasteiger partial charge in [0.1, 0.15) is 12.1 Å². The zero-order valence-corrected chi connectivity index (χ0v) is 10.8. The van der Waals surface area contributed by atoms with Crippen molar-refractivity contribution in [3.8, 4) is 5.75 Å². The van der Waals surface area contributed by atoms with E-state index in [2.05, 4.69) is 15.3 Å². The van der Waals surface area contributed by atoms with Crippen LogP contribution in [0.15, 0.2) is 43.0 Å². The highest BCUT2D eigenvalue weighted by Gasteiger charge is 2.06. The highest BCUT2D eigenvalue weighted by Crippen LogP contribution is 2.17. The molecule has 0 fully saturated rings. The highest BCUT2D eigenvalue weighted by atomic mass is 16.5. The van der Waals surface area contributed by atoms with Gasteiger partial charge in [-0.3, -0.25) is 4.79 Å². The number of anilines is 1. The van der Waals surface area contributed by atoms with Crippen LogP contribution in [0.3, 0.4) is 0 Å². The number of ether oxygens (including phenoxy) is 1. The number of carbonyl (C=O) groups excluding carboxylic acids is 1. The molecule has 0 saturated carbocycles. The van der Waals surface area contributed by atoms with Gasteiger partial charge in [-0.1, -0.05) is 0 Å². The molecule has 0 aliphatic rings. The van der Waals surface area contributed by atoms with Crippen molar-refractivity contribution in [3.63, 3.8) is 0 Å². The topological polar surface area (TPSA) is 64.1 Å². The Labute approximate surface area is 111 Å². The van der Waals surface area contributed by atoms with Crippen molar-refractivity contribution in [1.29, 1.82) is 0 Å². The average molecular weight is 257 g/mol. The van der Waals surface area contributed by atoms with Gasteiger partial charge in [-0.15, -0.1) is 0 Å². The molecule has 0 saturated heterocycles. The molecule has 0 unspecified atom stereocenters. The normalized spacial score (nSPS) is 10.3. The first-order chi connectivity index (χ1) is 9.15. The predicted molar refractivity (Wildman–Crippen MR) is 72.2 cm³/mol. The number of carbonyl (C=O) groups is 1. The van der Waals surface area contributed by atoms with Crippen LogP contribution in [0, 0.1) is 0 Å². The maximum absolute atomic E-state index is 11.9. The van der Waals surface area contributed by atoms with Crippen LogP contribution in [0.25, 0.3) is 0 Å². The molecule has 1 aromatic carbocycles. The lowest BCUT2D eigenvalue weighted by Crippen LogP contribution is -2.12. The standard InChI is InChI=1S/C14H15N3O2/c1-10(2)19-13-5-3-12(4-6-13)17-14(18)11-7-15-9-16-8-11/h3-10H,1-2H3,(H,17,18). The van der Waals surface area contributed by atoms with E-state index in [4.69, 9.17) is 4.74 Å². The number of rotatable bonds is 4. The van der Waals surface area contributed by atoms with Gasteiger partial charge in [0.2, 0.25) is 0 Å². The summed E-state index contributed by atoms with van der Waals surface area (Å²) in [5.41, 5.74) is 1.12. The minimum Gasteiger partial charge on any atom is -0.491 e. The Kier molecular flexibility index (Phi) is 4.07. The van der Waals surface area contributed by atoms with Gasteiger partial charge < -0.3 is 10.1 Å². The zero-order chi connectivity index (χ0) is 13.7. The third-order valence-electron chi connectivity index (χ3n) is 2.31. The minimum atomic E-state index is -0.238. The third-order valence-corrected chi connectivity index (χ3v) is 2.31. The first-order valence-corrected chi connectivity index (χ1v) is 5.98. The van der Waals surface area contributed by atoms with Crippen LogP contribution in [0.5, 0.6) is 5.75 Å². The summed E-state index contributed by atoms with van der Waals surface area (Å²) in [6.07, 6.45) is 4.45. The van der Waals surface area contributed by atoms with Crippen molar-refractivity contribution in [2.45, 2.75) is 20.0 Å². The molecule has 1 heterocycles. The van der Waals surface area contributed by atoms with Gasteiger partial charge in [-0.05, 0) is 38.1 Å². The van der Waals surface area contributed by atoms with E-state index in [1.807, 2.05) is 26.0 Å². The second kappa shape index (κ2) is 5.95. The van der Waals surface area contributed by atoms with E-state index in [0.717, 1.165) is 5.75 Å². The van der Waals surface area contributed by atoms with Crippen LogP contribution < -0.4 is 10.1 Å². The fourth-order valence-electron chi connectivity index (χ4n) is 1.51. The summed E-state index contributed by atoms with van der Waals surface area (Å²) >= 11 is 0. The number of hydrogen-bond acceptors (Lipinski definition) is 4. The molecule has 1 aromatic heterocycles. The van der Waals surface area contributed by atoms with E-state index in [1.54, 1.807) is 12.1 Å². The van der Waals surface area contributed by atoms with Crippen LogP contribution in [0.1, 0.15) is 24.2 Å². The zero-order valence-electron chi connectivity index (χ0n) is 10.8. The lowest BCUT2D eigenvalue weighted by molar-refractivity contribution is 0.102. The first-order valence-electron chi connectivity index (χ1n) is 5.98. The SMILES string of the molecule is CC(C)Oc1ccc(NC(=O)c2cncnc2)cc1. The number of amides is 1. The molecule has 1 N–H and O–H groups in total. The molecule has 5 heteroatoms. The van der Waals surface area contributed by atoms with Gasteiger partial charge in [0.25, 0.3) is 5.91 Å². The number of nitrogens with zero attached hydrogens (tertiary/aromatic N) is 2. The van der Waals surface area contributed by atoms with Crippen LogP contribution >= 0.6 is 0 Å². The van der Waals surface area contributed by atoms with Crippen molar-refractivity contribution in [3.05, 3.63) is 48.5 Å². The van der Waals surface area contributed by atoms with Gasteiger partial charge in [0.05, 0.1) is 11.7 Å². The summed E-state index contributed by atoms with van der Waals surface area (Å²) < 4.78 is 5.53. The summed E-state index contributed by atoms with van der Waals surface area (Å²) in [5, 5.41) is 2.76. The average Bonchev–Trinajstić information content (AvgIpc) is 2.41. The Morgan fingerprint density at radius 2 is 1.79 bits per heavy atom. The molecule has 2 aromatic rings. The van der Waals surface area contributed by atoms with Crippen LogP contribution in [-0.4, -0.2) is 22.0 Å². The van der Waals surface area contributed by atoms with Crippen molar-refractivity contribution >= 4 is 11.6 Å². The Morgan fingerprint density at radius 3 is 2.37 bits per heavy atom. The molecule has 1 amide bonds. The van der Waals surface area contributed by atoms with E-state index in [1.165, 1.54) is 18.7 Å². The van der Waals surface area contributed by atoms with Gasteiger partial charge in [0.15, 0.2) is 0 Å². The van der Waals surface area contributed by atoms with Crippen LogP contribution in [-0.2, 0) is 0 Å². The molecule has 19 heavy (non-hydrogen) atoms. The third kappa shape index (κ3) is 3.77. The molecule has 0 atom stereocenters. The quantitative estimate of drug-likeness (QED) is 0.914. The summed E-state index contributed by atoms with van der Waals surface area (Å²) in [4.78, 5) is 19.5. The summed E-state index contributed by atoms with van der Waals surface area (Å²) in [6, 6.07) is 7.22. The monoisotopic (exact) mass is 257 g/mol. The fraction of sp³-hybridized carbons (Fsp3) is 0.214. The number of aromatic nitrogens is 2. The van der Waals surface area contributed by atoms with Crippen molar-refractivity contribution in [2.75, 3.05) is 5.32 Å². The largest absolute Gasteiger partial charge is 0.491 e. The highest BCUT2D eigenvalue weighted by molar-refractivity contribution is 6.03. The van der Waals surface area contributed by atoms with E-state index in [9.17, 15) is 4.79 Å². The number of benzene rings is 1. The van der Waals surface area contributed by atoms with E-state index < -0.39 is 0 Å². The lowest BCUT2D eigenvalue weighted by atomic mass is 10.2. The summed E-state index contributed by atoms with van der Waals surface area (Å²) in [7, 11) is 0. The number of nitrogens with one attached hydrogen (secondary N) is 1. The molecule has 0 spiro atoms. The second-order valence-corrected chi connectivity index (χ2v) is 4.27. The van der Waals surface area contributed by atoms with Crippen molar-refractivity contribution in [2.24, 2.45) is 0 Å². The maximum Gasteiger partial charge on any atom is 0.258 e. The molecule has 98 valence electrons. The van der Waals surface area contributed by atoms with Crippen molar-refractivity contribution in [1.82, 2.24) is 9.97 Å². The summed E-state index contributed by atoms with van der Waals surface area (Å²) in [5.74, 6) is 0.536. The molecular weight excluding hydrogens is 242 g/mol. The Balaban J connectivity index is 2.02. The van der Waals surface area contributed by atoms with Gasteiger partial charge in [-0.2, -0.15) is 0 Å². The van der Waals surface area contributed by atoms with Gasteiger partial charge in [0, 0.05) is 18.1 Å². The smallest absolute Gasteiger partial charge is 0.258 e. The Bertz CT molecular complexity index is 538. The van der Waals surface area contributed by atoms with E-state index in [-0.39, 0.29) is 12.0 Å². The van der Waals surface area contributed by atoms with Gasteiger partial charge >= 0.3 is 0 Å². The molecule has 0 radical (unpaired) electrons. The molecule has 0 aliphatic heterocycles. The van der Waals surface area contributed by atoms with Gasteiger partial charge in [-0.25, -0.2) is 9.97 Å². The molecule has 5 nitrogen and oxygen atoms in total. The van der Waals surface area contributed by atoms with E-state index >= 15 is 0 Å². The molecular formula is C14H15N3O2. The Hall–Kier alpha value is -2.43. The van der Waals surface area contributed by atoms with E-state index in [0.29, 0.717) is 11.3 Å². The predicted octanol–water partition coefficient (Wildman–Crippen LogP) is 2.52. The molecule has 2 rings (SSSR count). The lowest BCUT2D eigenvalue weighted by Gasteiger charge is -2.10. The molecule has 0 aliphatic carbocycles. The summed E-state index contributed by atoms with van der Waals surface area (Å²) in [6.45, 7) is 3.93.